The van der Waals surface area contributed by atoms with Gasteiger partial charge in [0.05, 0.1) is 18.4 Å². The van der Waals surface area contributed by atoms with Gasteiger partial charge >= 0.3 is 23.1 Å². The van der Waals surface area contributed by atoms with E-state index in [1.807, 2.05) is 0 Å². The molecular formula is C19H23F4O7S-. The summed E-state index contributed by atoms with van der Waals surface area (Å²) in [5, 5.41) is -5.83. The first-order valence-corrected chi connectivity index (χ1v) is 11.2. The topological polar surface area (TPSA) is 110 Å². The second kappa shape index (κ2) is 7.43. The summed E-state index contributed by atoms with van der Waals surface area (Å²) in [5.74, 6) is -6.55. The molecule has 4 aliphatic carbocycles. The Hall–Kier alpha value is -1.69. The van der Waals surface area contributed by atoms with Gasteiger partial charge in [0.25, 0.3) is 0 Å². The summed E-state index contributed by atoms with van der Waals surface area (Å²) in [6.45, 7) is 3.85. The third-order valence-electron chi connectivity index (χ3n) is 6.49. The maximum atomic E-state index is 13.6. The van der Waals surface area contributed by atoms with Crippen LogP contribution >= 0.6 is 0 Å². The highest BCUT2D eigenvalue weighted by Crippen LogP contribution is 2.63. The standard InChI is InChI=1S/C19H24F4O7S/c1-11(2)14(24)30-17-8-12-5-13(9-17)7-16(6-12,10-17)15(25)29-4-3-18(20,21)19(22,23)31(26,27)28/h12-13H,1,3-10H2,2H3,(H,26,27,28)/p-1. The number of ether oxygens (including phenoxy) is 2. The lowest BCUT2D eigenvalue weighted by molar-refractivity contribution is -0.213. The van der Waals surface area contributed by atoms with Crippen LogP contribution in [0, 0.1) is 17.3 Å². The van der Waals surface area contributed by atoms with Gasteiger partial charge in [0.1, 0.15) is 5.60 Å². The normalized spacial score (nSPS) is 32.6. The average molecular weight is 471 g/mol. The smallest absolute Gasteiger partial charge is 0.396 e. The van der Waals surface area contributed by atoms with E-state index in [9.17, 15) is 40.1 Å². The van der Waals surface area contributed by atoms with Gasteiger partial charge in [-0.3, -0.25) is 4.79 Å². The van der Waals surface area contributed by atoms with E-state index in [0.717, 1.165) is 6.42 Å². The Balaban J connectivity index is 1.69. The SMILES string of the molecule is C=C(C)C(=O)OC12CC3CC(C1)CC(C(=O)OCCC(F)(F)C(F)(F)S(=O)(=O)[O-])(C3)C2. The van der Waals surface area contributed by atoms with Crippen molar-refractivity contribution in [1.82, 2.24) is 0 Å². The molecule has 4 bridgehead atoms. The number of hydrogen-bond donors (Lipinski definition) is 0. The first-order valence-electron chi connectivity index (χ1n) is 9.80. The lowest BCUT2D eigenvalue weighted by atomic mass is 9.48. The molecule has 4 rings (SSSR count). The molecule has 0 aromatic carbocycles. The Labute approximate surface area is 176 Å². The molecule has 0 spiro atoms. The summed E-state index contributed by atoms with van der Waals surface area (Å²) in [6, 6.07) is 0. The van der Waals surface area contributed by atoms with Crippen LogP contribution < -0.4 is 0 Å². The summed E-state index contributed by atoms with van der Waals surface area (Å²) in [5.41, 5.74) is -1.79. The van der Waals surface area contributed by atoms with Crippen molar-refractivity contribution in [2.45, 2.75) is 68.6 Å². The minimum atomic E-state index is -6.60. The highest BCUT2D eigenvalue weighted by Gasteiger charge is 2.64. The number of halogens is 4. The molecule has 0 heterocycles. The number of carbonyl (C=O) groups is 2. The van der Waals surface area contributed by atoms with E-state index in [4.69, 9.17) is 9.47 Å². The molecule has 4 aliphatic rings. The first-order chi connectivity index (χ1) is 14.0. The maximum Gasteiger partial charge on any atom is 0.396 e. The fourth-order valence-corrected chi connectivity index (χ4v) is 6.04. The Kier molecular flexibility index (Phi) is 5.74. The van der Waals surface area contributed by atoms with Crippen molar-refractivity contribution >= 4 is 22.1 Å². The summed E-state index contributed by atoms with van der Waals surface area (Å²) in [4.78, 5) is 24.9. The van der Waals surface area contributed by atoms with Crippen LogP contribution in [0.2, 0.25) is 0 Å². The zero-order chi connectivity index (χ0) is 23.5. The van der Waals surface area contributed by atoms with Gasteiger partial charge in [-0.25, -0.2) is 13.2 Å². The molecule has 31 heavy (non-hydrogen) atoms. The predicted octanol–water partition coefficient (Wildman–Crippen LogP) is 3.15. The van der Waals surface area contributed by atoms with E-state index in [1.165, 1.54) is 6.92 Å². The molecule has 0 saturated heterocycles. The third-order valence-corrected chi connectivity index (χ3v) is 7.41. The van der Waals surface area contributed by atoms with Crippen molar-refractivity contribution in [3.8, 4) is 0 Å². The Morgan fingerprint density at radius 3 is 2.16 bits per heavy atom. The van der Waals surface area contributed by atoms with Crippen molar-refractivity contribution in [1.29, 1.82) is 0 Å². The Morgan fingerprint density at radius 1 is 1.13 bits per heavy atom. The van der Waals surface area contributed by atoms with Crippen molar-refractivity contribution in [3.63, 3.8) is 0 Å². The molecular weight excluding hydrogens is 448 g/mol. The minimum absolute atomic E-state index is 0.0584. The molecule has 2 atom stereocenters. The second-order valence-electron chi connectivity index (χ2n) is 9.16. The van der Waals surface area contributed by atoms with Crippen molar-refractivity contribution in [3.05, 3.63) is 12.2 Å². The van der Waals surface area contributed by atoms with E-state index in [1.54, 1.807) is 0 Å². The number of esters is 2. The van der Waals surface area contributed by atoms with Crippen molar-refractivity contribution < 1.29 is 49.6 Å². The average Bonchev–Trinajstić information content (AvgIpc) is 2.58. The summed E-state index contributed by atoms with van der Waals surface area (Å²) >= 11 is 0. The summed E-state index contributed by atoms with van der Waals surface area (Å²) < 4.78 is 95.6. The Morgan fingerprint density at radius 2 is 1.68 bits per heavy atom. The number of carbonyl (C=O) groups excluding carboxylic acids is 2. The van der Waals surface area contributed by atoms with Crippen LogP contribution in [0.3, 0.4) is 0 Å². The van der Waals surface area contributed by atoms with Gasteiger partial charge in [0.15, 0.2) is 10.1 Å². The number of hydrogen-bond acceptors (Lipinski definition) is 7. The van der Waals surface area contributed by atoms with Gasteiger partial charge in [-0.05, 0) is 50.9 Å². The van der Waals surface area contributed by atoms with Gasteiger partial charge in [-0.1, -0.05) is 6.58 Å². The summed E-state index contributed by atoms with van der Waals surface area (Å²) in [7, 11) is -6.60. The van der Waals surface area contributed by atoms with E-state index in [-0.39, 0.29) is 23.8 Å². The number of alkyl halides is 4. The quantitative estimate of drug-likeness (QED) is 0.231. The van der Waals surface area contributed by atoms with Gasteiger partial charge in [-0.2, -0.15) is 17.6 Å². The number of rotatable bonds is 8. The molecule has 4 saturated carbocycles. The van der Waals surface area contributed by atoms with Crippen LogP contribution in [-0.4, -0.2) is 48.3 Å². The first kappa shape index (κ1) is 24.0. The monoisotopic (exact) mass is 471 g/mol. The molecule has 4 fully saturated rings. The molecule has 0 aromatic heterocycles. The van der Waals surface area contributed by atoms with Gasteiger partial charge in [0.2, 0.25) is 0 Å². The highest BCUT2D eigenvalue weighted by molar-refractivity contribution is 7.86. The maximum absolute atomic E-state index is 13.6. The van der Waals surface area contributed by atoms with E-state index in [0.29, 0.717) is 25.7 Å². The largest absolute Gasteiger partial charge is 0.743 e. The van der Waals surface area contributed by atoms with Crippen molar-refractivity contribution in [2.75, 3.05) is 6.61 Å². The van der Waals surface area contributed by atoms with E-state index >= 15 is 0 Å². The van der Waals surface area contributed by atoms with Gasteiger partial charge in [0, 0.05) is 12.0 Å². The molecule has 7 nitrogen and oxygen atoms in total. The molecule has 0 N–H and O–H groups in total. The second-order valence-corrected chi connectivity index (χ2v) is 10.6. The van der Waals surface area contributed by atoms with E-state index < -0.39 is 57.3 Å². The molecule has 0 radical (unpaired) electrons. The minimum Gasteiger partial charge on any atom is -0.743 e. The molecule has 176 valence electrons. The van der Waals surface area contributed by atoms with Crippen LogP contribution in [0.15, 0.2) is 12.2 Å². The molecule has 0 aliphatic heterocycles. The highest BCUT2D eigenvalue weighted by atomic mass is 32.2. The van der Waals surface area contributed by atoms with Crippen LogP contribution in [0.25, 0.3) is 0 Å². The lowest BCUT2D eigenvalue weighted by Gasteiger charge is -2.59. The van der Waals surface area contributed by atoms with Gasteiger partial charge < -0.3 is 14.0 Å². The zero-order valence-electron chi connectivity index (χ0n) is 16.8. The zero-order valence-corrected chi connectivity index (χ0v) is 17.6. The van der Waals surface area contributed by atoms with Crippen LogP contribution in [0.4, 0.5) is 17.6 Å². The molecule has 0 amide bonds. The van der Waals surface area contributed by atoms with Crippen LogP contribution in [-0.2, 0) is 29.2 Å². The predicted molar refractivity (Wildman–Crippen MR) is 95.9 cm³/mol. The summed E-state index contributed by atoms with van der Waals surface area (Å²) in [6.07, 6.45) is 1.05. The molecule has 12 heteroatoms. The fraction of sp³-hybridized carbons (Fsp3) is 0.789. The molecule has 2 unspecified atom stereocenters. The van der Waals surface area contributed by atoms with Crippen molar-refractivity contribution in [2.24, 2.45) is 17.3 Å². The lowest BCUT2D eigenvalue weighted by Crippen LogP contribution is -2.60. The third kappa shape index (κ3) is 4.20. The fourth-order valence-electron chi connectivity index (χ4n) is 5.57. The van der Waals surface area contributed by atoms with E-state index in [2.05, 4.69) is 6.58 Å². The van der Waals surface area contributed by atoms with Crippen LogP contribution in [0.1, 0.15) is 51.9 Å². The molecule has 0 aromatic rings. The van der Waals surface area contributed by atoms with Crippen LogP contribution in [0.5, 0.6) is 0 Å². The Bertz CT molecular complexity index is 885. The van der Waals surface area contributed by atoms with Gasteiger partial charge in [-0.15, -0.1) is 0 Å².